The van der Waals surface area contributed by atoms with E-state index in [4.69, 9.17) is 9.84 Å². The Morgan fingerprint density at radius 1 is 1.41 bits per heavy atom. The van der Waals surface area contributed by atoms with E-state index in [1.54, 1.807) is 12.3 Å². The van der Waals surface area contributed by atoms with E-state index in [1.807, 2.05) is 6.07 Å². The molecule has 0 unspecified atom stereocenters. The molecule has 1 aromatic heterocycles. The van der Waals surface area contributed by atoms with Crippen molar-refractivity contribution in [1.82, 2.24) is 4.98 Å². The number of aromatic nitrogens is 1. The van der Waals surface area contributed by atoms with Gasteiger partial charge in [0.05, 0.1) is 6.61 Å². The molecule has 1 aromatic rings. The highest BCUT2D eigenvalue weighted by atomic mass is 16.5. The van der Waals surface area contributed by atoms with Crippen LogP contribution >= 0.6 is 0 Å². The van der Waals surface area contributed by atoms with Gasteiger partial charge >= 0.3 is 0 Å². The number of pyridine rings is 1. The summed E-state index contributed by atoms with van der Waals surface area (Å²) in [7, 11) is 0. The van der Waals surface area contributed by atoms with Crippen molar-refractivity contribution in [2.45, 2.75) is 52.2 Å². The molecule has 0 amide bonds. The SMILES string of the molecule is CC1(C)CCC(Oc2cc(CO)ccn2)CC1. The maximum absolute atomic E-state index is 9.05. The summed E-state index contributed by atoms with van der Waals surface area (Å²) in [6.07, 6.45) is 6.57. The summed E-state index contributed by atoms with van der Waals surface area (Å²) in [4.78, 5) is 4.18. The van der Waals surface area contributed by atoms with E-state index in [9.17, 15) is 0 Å². The summed E-state index contributed by atoms with van der Waals surface area (Å²) in [5.41, 5.74) is 1.31. The third-order valence-electron chi connectivity index (χ3n) is 3.56. The highest BCUT2D eigenvalue weighted by molar-refractivity contribution is 5.19. The molecule has 94 valence electrons. The average molecular weight is 235 g/mol. The molecular weight excluding hydrogens is 214 g/mol. The smallest absolute Gasteiger partial charge is 0.213 e. The van der Waals surface area contributed by atoms with E-state index in [1.165, 1.54) is 12.8 Å². The van der Waals surface area contributed by atoms with Crippen LogP contribution in [0.25, 0.3) is 0 Å². The summed E-state index contributed by atoms with van der Waals surface area (Å²) in [6.45, 7) is 4.66. The summed E-state index contributed by atoms with van der Waals surface area (Å²) in [5, 5.41) is 9.05. The third-order valence-corrected chi connectivity index (χ3v) is 3.56. The van der Waals surface area contributed by atoms with Crippen LogP contribution in [0.4, 0.5) is 0 Å². The number of nitrogens with zero attached hydrogens (tertiary/aromatic N) is 1. The van der Waals surface area contributed by atoms with Crippen molar-refractivity contribution in [2.75, 3.05) is 0 Å². The Morgan fingerprint density at radius 3 is 2.76 bits per heavy atom. The lowest BCUT2D eigenvalue weighted by Crippen LogP contribution is -2.28. The van der Waals surface area contributed by atoms with Gasteiger partial charge in [-0.2, -0.15) is 0 Å². The Balaban J connectivity index is 1.93. The summed E-state index contributed by atoms with van der Waals surface area (Å²) >= 11 is 0. The van der Waals surface area contributed by atoms with Crippen LogP contribution in [0, 0.1) is 5.41 Å². The molecule has 1 N–H and O–H groups in total. The van der Waals surface area contributed by atoms with Gasteiger partial charge in [-0.15, -0.1) is 0 Å². The first-order valence-electron chi connectivity index (χ1n) is 6.31. The van der Waals surface area contributed by atoms with E-state index < -0.39 is 0 Å². The predicted molar refractivity (Wildman–Crippen MR) is 66.8 cm³/mol. The van der Waals surface area contributed by atoms with E-state index in [2.05, 4.69) is 18.8 Å². The fourth-order valence-corrected chi connectivity index (χ4v) is 2.27. The molecule has 3 nitrogen and oxygen atoms in total. The maximum Gasteiger partial charge on any atom is 0.213 e. The number of ether oxygens (including phenoxy) is 1. The minimum absolute atomic E-state index is 0.0383. The molecule has 0 atom stereocenters. The lowest BCUT2D eigenvalue weighted by atomic mass is 9.76. The molecule has 3 heteroatoms. The van der Waals surface area contributed by atoms with E-state index in [0.29, 0.717) is 11.3 Å². The molecule has 0 aliphatic heterocycles. The number of aliphatic hydroxyl groups is 1. The van der Waals surface area contributed by atoms with Crippen LogP contribution in [0.1, 0.15) is 45.1 Å². The zero-order chi connectivity index (χ0) is 12.3. The van der Waals surface area contributed by atoms with E-state index in [-0.39, 0.29) is 12.7 Å². The molecular formula is C14H21NO2. The maximum atomic E-state index is 9.05. The first-order chi connectivity index (χ1) is 8.09. The fourth-order valence-electron chi connectivity index (χ4n) is 2.27. The molecule has 0 spiro atoms. The molecule has 0 aromatic carbocycles. The lowest BCUT2D eigenvalue weighted by molar-refractivity contribution is 0.0947. The molecule has 1 saturated carbocycles. The highest BCUT2D eigenvalue weighted by Crippen LogP contribution is 2.36. The van der Waals surface area contributed by atoms with Gasteiger partial charge in [0, 0.05) is 12.3 Å². The molecule has 1 heterocycles. The van der Waals surface area contributed by atoms with Gasteiger partial charge in [-0.1, -0.05) is 13.8 Å². The van der Waals surface area contributed by atoms with Gasteiger partial charge in [-0.3, -0.25) is 0 Å². The minimum atomic E-state index is 0.0383. The van der Waals surface area contributed by atoms with Crippen LogP contribution < -0.4 is 4.74 Å². The molecule has 2 rings (SSSR count). The van der Waals surface area contributed by atoms with Crippen molar-refractivity contribution in [1.29, 1.82) is 0 Å². The summed E-state index contributed by atoms with van der Waals surface area (Å²) in [5.74, 6) is 0.640. The fraction of sp³-hybridized carbons (Fsp3) is 0.643. The van der Waals surface area contributed by atoms with Crippen LogP contribution in [0.3, 0.4) is 0 Å². The van der Waals surface area contributed by atoms with Crippen LogP contribution in [-0.4, -0.2) is 16.2 Å². The van der Waals surface area contributed by atoms with E-state index in [0.717, 1.165) is 18.4 Å². The van der Waals surface area contributed by atoms with Crippen molar-refractivity contribution >= 4 is 0 Å². The van der Waals surface area contributed by atoms with Crippen molar-refractivity contribution in [3.63, 3.8) is 0 Å². The molecule has 0 radical (unpaired) electrons. The quantitative estimate of drug-likeness (QED) is 0.876. The number of hydrogen-bond donors (Lipinski definition) is 1. The zero-order valence-corrected chi connectivity index (χ0v) is 10.6. The van der Waals surface area contributed by atoms with Crippen LogP contribution in [0.5, 0.6) is 5.88 Å². The van der Waals surface area contributed by atoms with Crippen molar-refractivity contribution in [3.05, 3.63) is 23.9 Å². The average Bonchev–Trinajstić information content (AvgIpc) is 2.32. The van der Waals surface area contributed by atoms with Crippen LogP contribution in [0.15, 0.2) is 18.3 Å². The molecule has 1 aliphatic rings. The molecule has 1 fully saturated rings. The first kappa shape index (κ1) is 12.4. The molecule has 0 bridgehead atoms. The van der Waals surface area contributed by atoms with Gasteiger partial charge in [0.1, 0.15) is 6.10 Å². The molecule has 1 aliphatic carbocycles. The number of rotatable bonds is 3. The van der Waals surface area contributed by atoms with E-state index >= 15 is 0 Å². The summed E-state index contributed by atoms with van der Waals surface area (Å²) in [6, 6.07) is 3.62. The normalized spacial score (nSPS) is 20.2. The van der Waals surface area contributed by atoms with Gasteiger partial charge in [0.25, 0.3) is 0 Å². The Labute approximate surface area is 103 Å². The Hall–Kier alpha value is -1.09. The van der Waals surface area contributed by atoms with Gasteiger partial charge in [-0.25, -0.2) is 4.98 Å². The van der Waals surface area contributed by atoms with Crippen LogP contribution in [0.2, 0.25) is 0 Å². The second kappa shape index (κ2) is 5.05. The van der Waals surface area contributed by atoms with Crippen molar-refractivity contribution < 1.29 is 9.84 Å². The third kappa shape index (κ3) is 3.43. The standard InChI is InChI=1S/C14H21NO2/c1-14(2)6-3-12(4-7-14)17-13-9-11(10-16)5-8-15-13/h5,8-9,12,16H,3-4,6-7,10H2,1-2H3. The highest BCUT2D eigenvalue weighted by Gasteiger charge is 2.27. The second-order valence-corrected chi connectivity index (χ2v) is 5.64. The Kier molecular flexibility index (Phi) is 3.67. The second-order valence-electron chi connectivity index (χ2n) is 5.64. The first-order valence-corrected chi connectivity index (χ1v) is 6.31. The molecule has 17 heavy (non-hydrogen) atoms. The molecule has 0 saturated heterocycles. The monoisotopic (exact) mass is 235 g/mol. The van der Waals surface area contributed by atoms with Crippen molar-refractivity contribution in [3.8, 4) is 5.88 Å². The van der Waals surface area contributed by atoms with Crippen molar-refractivity contribution in [2.24, 2.45) is 5.41 Å². The zero-order valence-electron chi connectivity index (χ0n) is 10.6. The van der Waals surface area contributed by atoms with Gasteiger partial charge < -0.3 is 9.84 Å². The number of aliphatic hydroxyl groups excluding tert-OH is 1. The predicted octanol–water partition coefficient (Wildman–Crippen LogP) is 2.92. The lowest BCUT2D eigenvalue weighted by Gasteiger charge is -2.34. The van der Waals surface area contributed by atoms with Gasteiger partial charge in [0.2, 0.25) is 5.88 Å². The Morgan fingerprint density at radius 2 is 2.12 bits per heavy atom. The van der Waals surface area contributed by atoms with Gasteiger partial charge in [0.15, 0.2) is 0 Å². The largest absolute Gasteiger partial charge is 0.474 e. The Bertz CT molecular complexity index is 366. The summed E-state index contributed by atoms with van der Waals surface area (Å²) < 4.78 is 5.87. The topological polar surface area (TPSA) is 42.4 Å². The van der Waals surface area contributed by atoms with Gasteiger partial charge in [-0.05, 0) is 42.7 Å². The van der Waals surface area contributed by atoms with Crippen LogP contribution in [-0.2, 0) is 6.61 Å². The number of hydrogen-bond acceptors (Lipinski definition) is 3. The minimum Gasteiger partial charge on any atom is -0.474 e.